The minimum absolute atomic E-state index is 0.0443. The lowest BCUT2D eigenvalue weighted by atomic mass is 10.0. The van der Waals surface area contributed by atoms with Crippen LogP contribution in [0.5, 0.6) is 5.75 Å². The smallest absolute Gasteiger partial charge is 0.407 e. The Morgan fingerprint density at radius 3 is 2.34 bits per heavy atom. The normalized spacial score (nSPS) is 20.3. The number of amides is 3. The predicted octanol–water partition coefficient (Wildman–Crippen LogP) is 9.64. The van der Waals surface area contributed by atoms with Crippen molar-refractivity contribution in [3.05, 3.63) is 118 Å². The van der Waals surface area contributed by atoms with Crippen LogP contribution in [0.1, 0.15) is 96.9 Å². The molecule has 0 radical (unpaired) electrons. The molecular weight excluding hydrogens is 924 g/mol. The fourth-order valence-electron chi connectivity index (χ4n) is 10.7. The van der Waals surface area contributed by atoms with Crippen LogP contribution in [0.2, 0.25) is 19.1 Å². The van der Waals surface area contributed by atoms with Crippen molar-refractivity contribution in [1.29, 1.82) is 0 Å². The Labute approximate surface area is 410 Å². The van der Waals surface area contributed by atoms with E-state index in [1.807, 2.05) is 80.7 Å². The second kappa shape index (κ2) is 18.0. The molecule has 3 amide bonds. The number of alkyl carbamates (subject to hydrolysis) is 1. The van der Waals surface area contributed by atoms with Gasteiger partial charge in [0.2, 0.25) is 18.0 Å². The topological polar surface area (TPSA) is 175 Å². The summed E-state index contributed by atoms with van der Waals surface area (Å²) in [6.07, 6.45) is 8.57. The molecule has 3 aromatic carbocycles. The van der Waals surface area contributed by atoms with Gasteiger partial charge in [-0.2, -0.15) is 0 Å². The molecule has 3 fully saturated rings. The van der Waals surface area contributed by atoms with Gasteiger partial charge in [0, 0.05) is 41.3 Å². The van der Waals surface area contributed by atoms with Crippen LogP contribution in [0, 0.1) is 11.7 Å². The number of imidazole rings is 2. The lowest BCUT2D eigenvalue weighted by Gasteiger charge is -2.30. The number of halogens is 1. The van der Waals surface area contributed by atoms with Crippen LogP contribution in [0.4, 0.5) is 9.18 Å². The van der Waals surface area contributed by atoms with Crippen LogP contribution in [0.15, 0.2) is 85.3 Å². The van der Waals surface area contributed by atoms with Gasteiger partial charge in [-0.05, 0) is 80.6 Å². The summed E-state index contributed by atoms with van der Waals surface area (Å²) in [5, 5.41) is 7.95. The molecule has 362 valence electrons. The zero-order chi connectivity index (χ0) is 48.6. The van der Waals surface area contributed by atoms with E-state index < -0.39 is 38.3 Å². The summed E-state index contributed by atoms with van der Waals surface area (Å²) in [5.41, 5.74) is 5.73. The summed E-state index contributed by atoms with van der Waals surface area (Å²) < 4.78 is 30.8. The summed E-state index contributed by atoms with van der Waals surface area (Å²) in [6, 6.07) is 20.6. The highest BCUT2D eigenvalue weighted by Crippen LogP contribution is 2.50. The molecule has 0 bridgehead atoms. The van der Waals surface area contributed by atoms with Crippen molar-refractivity contribution < 1.29 is 28.2 Å². The van der Waals surface area contributed by atoms with Gasteiger partial charge in [0.05, 0.1) is 77.7 Å². The number of hydrogen-bond donors (Lipinski definition) is 4. The average molecular weight is 981 g/mol. The predicted molar refractivity (Wildman–Crippen MR) is 268 cm³/mol. The number of thiazole rings is 1. The largest absolute Gasteiger partial charge is 0.464 e. The molecule has 3 aliphatic heterocycles. The third kappa shape index (κ3) is 8.28. The number of likely N-dealkylation sites (N-methyl/N-ethyl adjacent to an activating group) is 1. The van der Waals surface area contributed by atoms with E-state index in [-0.39, 0.29) is 29.8 Å². The zero-order valence-corrected chi connectivity index (χ0v) is 41.9. The first kappa shape index (κ1) is 45.8. The molecule has 70 heavy (non-hydrogen) atoms. The zero-order valence-electron chi connectivity index (χ0n) is 40.1. The molecule has 1 saturated carbocycles. The van der Waals surface area contributed by atoms with Crippen molar-refractivity contribution in [2.45, 2.75) is 95.0 Å². The molecule has 4 N–H and O–H groups in total. The summed E-state index contributed by atoms with van der Waals surface area (Å²) >= 11 is 1.64. The minimum atomic E-state index is -1.76. The van der Waals surface area contributed by atoms with E-state index in [9.17, 15) is 14.4 Å². The molecule has 7 aromatic rings. The Morgan fingerprint density at radius 1 is 0.886 bits per heavy atom. The van der Waals surface area contributed by atoms with Crippen LogP contribution in [-0.4, -0.2) is 98.2 Å². The molecule has 1 aliphatic carbocycles. The Kier molecular flexibility index (Phi) is 11.7. The van der Waals surface area contributed by atoms with E-state index in [0.717, 1.165) is 74.9 Å². The highest BCUT2D eigenvalue weighted by Gasteiger charge is 2.45. The molecule has 2 saturated heterocycles. The van der Waals surface area contributed by atoms with Crippen LogP contribution in [0.3, 0.4) is 0 Å². The number of carbonyl (C=O) groups is 3. The van der Waals surface area contributed by atoms with Gasteiger partial charge in [-0.3, -0.25) is 14.2 Å². The number of fused-ring (bicyclic) bond motifs is 5. The molecule has 11 rings (SSSR count). The Bertz CT molecular complexity index is 3140. The maximum atomic E-state index is 17.0. The molecule has 1 unspecified atom stereocenters. The molecule has 0 spiro atoms. The number of methoxy groups -OCH3 is 1. The number of hydrogen-bond acceptors (Lipinski definition) is 10. The Hall–Kier alpha value is -6.63. The number of rotatable bonds is 12. The number of nitrogens with zero attached hydrogens (tertiary/aromatic N) is 6. The number of aromatic nitrogens is 6. The molecular formula is C52H57FN10O5SSi. The van der Waals surface area contributed by atoms with Gasteiger partial charge in [-0.15, -0.1) is 11.3 Å². The van der Waals surface area contributed by atoms with Gasteiger partial charge < -0.3 is 39.9 Å². The Balaban J connectivity index is 0.916. The highest BCUT2D eigenvalue weighted by molar-refractivity contribution is 7.11. The number of ether oxygens (including phenoxy) is 2. The fraction of sp³-hybridized carbons (Fsp3) is 0.385. The molecule has 4 aromatic heterocycles. The van der Waals surface area contributed by atoms with Crippen molar-refractivity contribution >= 4 is 48.2 Å². The first-order valence-electron chi connectivity index (χ1n) is 24.2. The Morgan fingerprint density at radius 2 is 1.63 bits per heavy atom. The van der Waals surface area contributed by atoms with Crippen LogP contribution < -0.4 is 15.4 Å². The maximum absolute atomic E-state index is 17.0. The monoisotopic (exact) mass is 980 g/mol. The minimum Gasteiger partial charge on any atom is -0.464 e. The number of aromatic amines is 2. The van der Waals surface area contributed by atoms with E-state index in [2.05, 4.69) is 56.5 Å². The molecule has 5 atom stereocenters. The van der Waals surface area contributed by atoms with Gasteiger partial charge in [-0.1, -0.05) is 63.3 Å². The quantitative estimate of drug-likeness (QED) is 0.0869. The van der Waals surface area contributed by atoms with Crippen molar-refractivity contribution in [2.75, 3.05) is 26.9 Å². The van der Waals surface area contributed by atoms with Crippen molar-refractivity contribution in [3.8, 4) is 39.5 Å². The lowest BCUT2D eigenvalue weighted by molar-refractivity contribution is -0.135. The molecule has 15 nitrogen and oxygen atoms in total. The third-order valence-electron chi connectivity index (χ3n) is 14.4. The highest BCUT2D eigenvalue weighted by atomic mass is 32.1. The van der Waals surface area contributed by atoms with E-state index in [0.29, 0.717) is 53.0 Å². The number of carbonyl (C=O) groups excluding carboxylic acids is 3. The number of likely N-dealkylation sites (tertiary alicyclic amines) is 1. The summed E-state index contributed by atoms with van der Waals surface area (Å²) in [5.74, 6) is 1.42. The standard InChI is InChI=1S/C52H57FN10O5SSi/c1-28(2)44(60-52(66)67-4)49(64)61-18-10-13-38(61)46-55-24-36(59-46)32-20-34(53)43-39-21-33-19-31(16-17-37(33)63(39)51(68-41(43)22-32)42-25-57-48(69-42)30-14-15-30)35-23-56-47(58-35)40-26-70(5,6)27-62(40)50(65)45(54-3)29-11-8-7-9-12-29/h7-9,11-12,16-17,19-25,28,30,38,40,44-45,51,54H,10,13-15,18,26-27H2,1-6H3,(H,55,59)(H,56,58)(H,60,66)/t38-,40-,44-,45?,51-/m0/s1. The fourth-order valence-corrected chi connectivity index (χ4v) is 14.7. The summed E-state index contributed by atoms with van der Waals surface area (Å²) in [7, 11) is 1.34. The van der Waals surface area contributed by atoms with Gasteiger partial charge >= 0.3 is 6.09 Å². The van der Waals surface area contributed by atoms with Crippen LogP contribution >= 0.6 is 11.3 Å². The van der Waals surface area contributed by atoms with Crippen molar-refractivity contribution in [2.24, 2.45) is 5.92 Å². The average Bonchev–Trinajstić information content (AvgIpc) is 4.03. The third-order valence-corrected chi connectivity index (χ3v) is 18.3. The van der Waals surface area contributed by atoms with Crippen LogP contribution in [-0.2, 0) is 14.3 Å². The maximum Gasteiger partial charge on any atom is 0.407 e. The van der Waals surface area contributed by atoms with E-state index in [1.54, 1.807) is 22.4 Å². The summed E-state index contributed by atoms with van der Waals surface area (Å²) in [6.45, 7) is 8.93. The number of nitrogens with one attached hydrogen (secondary N) is 4. The van der Waals surface area contributed by atoms with E-state index in [1.165, 1.54) is 13.2 Å². The van der Waals surface area contributed by atoms with Gasteiger partial charge in [0.25, 0.3) is 0 Å². The van der Waals surface area contributed by atoms with Crippen molar-refractivity contribution in [1.82, 2.24) is 49.9 Å². The second-order valence-corrected chi connectivity index (χ2v) is 26.4. The SMILES string of the molecule is CNC(C(=O)N1C[Si](C)(C)C[C@H]1c1ncc(-c2ccc3c(c2)cc2n3[C@H](c3cnc(C4CC4)s3)Oc3cc(-c4cnc([C@@H]5CCCN5C(=O)[C@@H](NC(=O)OC)C(C)C)[nH]4)cc(F)c3-2)[nH]1)c1ccccc1. The van der Waals surface area contributed by atoms with Gasteiger partial charge in [0.15, 0.2) is 0 Å². The van der Waals surface area contributed by atoms with E-state index in [4.69, 9.17) is 24.4 Å². The van der Waals surface area contributed by atoms with E-state index >= 15 is 4.39 Å². The first-order valence-corrected chi connectivity index (χ1v) is 28.4. The lowest BCUT2D eigenvalue weighted by Crippen LogP contribution is -2.51. The van der Waals surface area contributed by atoms with Crippen LogP contribution in [0.25, 0.3) is 44.7 Å². The van der Waals surface area contributed by atoms with Gasteiger partial charge in [0.1, 0.15) is 35.3 Å². The van der Waals surface area contributed by atoms with Crippen molar-refractivity contribution in [3.63, 3.8) is 0 Å². The number of benzene rings is 3. The number of H-pyrrole nitrogens is 2. The first-order chi connectivity index (χ1) is 33.8. The second-order valence-electron chi connectivity index (χ2n) is 20.2. The van der Waals surface area contributed by atoms with Gasteiger partial charge in [-0.25, -0.2) is 24.1 Å². The molecule has 18 heteroatoms. The molecule has 4 aliphatic rings. The summed E-state index contributed by atoms with van der Waals surface area (Å²) in [4.78, 5) is 66.4. The molecule has 7 heterocycles.